The molecular weight excluding hydrogens is 374 g/mol. The van der Waals surface area contributed by atoms with Gasteiger partial charge in [0.2, 0.25) is 0 Å². The van der Waals surface area contributed by atoms with E-state index in [1.807, 2.05) is 30.5 Å². The third-order valence-electron chi connectivity index (χ3n) is 6.40. The molecule has 5 heteroatoms. The highest BCUT2D eigenvalue weighted by Gasteiger charge is 2.35. The molecule has 2 aliphatic rings. The normalized spacial score (nSPS) is 17.5. The van der Waals surface area contributed by atoms with E-state index in [0.717, 1.165) is 47.1 Å². The zero-order valence-electron chi connectivity index (χ0n) is 16.7. The van der Waals surface area contributed by atoms with Crippen LogP contribution in [-0.2, 0) is 22.7 Å². The maximum atomic E-state index is 13.1. The van der Waals surface area contributed by atoms with Gasteiger partial charge >= 0.3 is 0 Å². The fraction of sp³-hybridized carbons (Fsp3) is 0.200. The number of Topliss-reactive ketones (excluding diaryl/α,β-unsaturated/α-hetero) is 2. The summed E-state index contributed by atoms with van der Waals surface area (Å²) in [4.78, 5) is 31.6. The summed E-state index contributed by atoms with van der Waals surface area (Å²) < 4.78 is 2.25. The van der Waals surface area contributed by atoms with E-state index in [4.69, 9.17) is 0 Å². The number of nitrogens with one attached hydrogen (secondary N) is 1. The van der Waals surface area contributed by atoms with Crippen LogP contribution in [0.1, 0.15) is 23.1 Å². The van der Waals surface area contributed by atoms with Gasteiger partial charge in [0.25, 0.3) is 0 Å². The maximum Gasteiger partial charge on any atom is 0.172 e. The van der Waals surface area contributed by atoms with Crippen molar-refractivity contribution in [2.24, 2.45) is 0 Å². The van der Waals surface area contributed by atoms with Crippen molar-refractivity contribution in [1.82, 2.24) is 14.5 Å². The molecule has 0 radical (unpaired) electrons. The van der Waals surface area contributed by atoms with Crippen LogP contribution >= 0.6 is 0 Å². The van der Waals surface area contributed by atoms with Gasteiger partial charge in [-0.3, -0.25) is 9.59 Å². The lowest BCUT2D eigenvalue weighted by molar-refractivity contribution is -0.119. The van der Waals surface area contributed by atoms with Gasteiger partial charge in [-0.05, 0) is 18.7 Å². The van der Waals surface area contributed by atoms with Gasteiger partial charge in [-0.25, -0.2) is 0 Å². The van der Waals surface area contributed by atoms with Crippen molar-refractivity contribution in [3.05, 3.63) is 71.5 Å². The number of carbonyl (C=O) groups excluding carboxylic acids is 2. The molecule has 0 fully saturated rings. The van der Waals surface area contributed by atoms with E-state index in [1.54, 1.807) is 0 Å². The van der Waals surface area contributed by atoms with Crippen LogP contribution in [0, 0.1) is 0 Å². The molecule has 1 aliphatic carbocycles. The Hall–Kier alpha value is -3.44. The van der Waals surface area contributed by atoms with Gasteiger partial charge in [-0.2, -0.15) is 0 Å². The molecule has 0 unspecified atom stereocenters. The van der Waals surface area contributed by atoms with Crippen molar-refractivity contribution < 1.29 is 9.59 Å². The van der Waals surface area contributed by atoms with E-state index < -0.39 is 0 Å². The summed E-state index contributed by atoms with van der Waals surface area (Å²) in [7, 11) is 2.13. The van der Waals surface area contributed by atoms with Crippen LogP contribution in [0.15, 0.2) is 54.9 Å². The van der Waals surface area contributed by atoms with Gasteiger partial charge in [-0.1, -0.05) is 36.4 Å². The number of nitrogens with zero attached hydrogens (tertiary/aromatic N) is 2. The maximum absolute atomic E-state index is 13.1. The average Bonchev–Trinajstić information content (AvgIpc) is 3.36. The predicted octanol–water partition coefficient (Wildman–Crippen LogP) is 4.02. The Morgan fingerprint density at radius 3 is 2.50 bits per heavy atom. The quantitative estimate of drug-likeness (QED) is 0.522. The highest BCUT2D eigenvalue weighted by atomic mass is 16.2. The van der Waals surface area contributed by atoms with Gasteiger partial charge in [0, 0.05) is 70.6 Å². The Bertz CT molecular complexity index is 1400. The summed E-state index contributed by atoms with van der Waals surface area (Å²) in [6.45, 7) is 2.68. The lowest BCUT2D eigenvalue weighted by Gasteiger charge is -2.13. The molecule has 5 nitrogen and oxygen atoms in total. The van der Waals surface area contributed by atoms with Crippen molar-refractivity contribution in [3.8, 4) is 0 Å². The van der Waals surface area contributed by atoms with E-state index in [9.17, 15) is 9.59 Å². The van der Waals surface area contributed by atoms with Crippen LogP contribution in [0.4, 0.5) is 0 Å². The van der Waals surface area contributed by atoms with Crippen LogP contribution < -0.4 is 0 Å². The zero-order chi connectivity index (χ0) is 20.4. The second kappa shape index (κ2) is 6.28. The summed E-state index contributed by atoms with van der Waals surface area (Å²) in [5, 5.41) is 2.03. The lowest BCUT2D eigenvalue weighted by Crippen LogP contribution is -2.19. The molecule has 2 aromatic heterocycles. The van der Waals surface area contributed by atoms with Crippen molar-refractivity contribution in [2.45, 2.75) is 19.5 Å². The molecule has 0 saturated carbocycles. The number of fused-ring (bicyclic) bond motifs is 1. The summed E-state index contributed by atoms with van der Waals surface area (Å²) in [6, 6.07) is 14.2. The molecule has 148 valence electrons. The molecular formula is C25H21N3O2. The Morgan fingerprint density at radius 2 is 1.63 bits per heavy atom. The Labute approximate surface area is 173 Å². The highest BCUT2D eigenvalue weighted by molar-refractivity contribution is 6.52. The van der Waals surface area contributed by atoms with E-state index in [1.165, 1.54) is 11.1 Å². The number of hydrogen-bond donors (Lipinski definition) is 1. The first kappa shape index (κ1) is 17.4. The number of aromatic amines is 1. The molecule has 3 heterocycles. The van der Waals surface area contributed by atoms with Gasteiger partial charge in [-0.15, -0.1) is 0 Å². The van der Waals surface area contributed by atoms with Crippen molar-refractivity contribution in [1.29, 1.82) is 0 Å². The summed E-state index contributed by atoms with van der Waals surface area (Å²) in [5.74, 6) is -0.178. The van der Waals surface area contributed by atoms with Crippen LogP contribution in [0.3, 0.4) is 0 Å². The molecule has 0 bridgehead atoms. The van der Waals surface area contributed by atoms with E-state index in [-0.39, 0.29) is 18.0 Å². The number of hydrogen-bond acceptors (Lipinski definition) is 3. The SMILES string of the molecule is CN1CCn2cc(C3=C(c4c[nH]c5ccccc45)C(=O)CC3=O)c3cccc(c32)C1. The topological polar surface area (TPSA) is 58.1 Å². The minimum absolute atomic E-state index is 0.0563. The summed E-state index contributed by atoms with van der Waals surface area (Å²) >= 11 is 0. The number of H-pyrrole nitrogens is 1. The second-order valence-corrected chi connectivity index (χ2v) is 8.31. The zero-order valence-corrected chi connectivity index (χ0v) is 16.7. The van der Waals surface area contributed by atoms with Gasteiger partial charge in [0.1, 0.15) is 0 Å². The van der Waals surface area contributed by atoms with E-state index >= 15 is 0 Å². The number of ketones is 2. The van der Waals surface area contributed by atoms with Crippen molar-refractivity contribution >= 4 is 44.5 Å². The first-order chi connectivity index (χ1) is 14.6. The Balaban J connectivity index is 1.66. The van der Waals surface area contributed by atoms with Crippen LogP contribution in [-0.4, -0.2) is 39.6 Å². The van der Waals surface area contributed by atoms with Gasteiger partial charge in [0.05, 0.1) is 11.9 Å². The lowest BCUT2D eigenvalue weighted by atomic mass is 9.95. The predicted molar refractivity (Wildman–Crippen MR) is 118 cm³/mol. The minimum atomic E-state index is -0.0939. The average molecular weight is 395 g/mol. The number of benzene rings is 2. The molecule has 4 aromatic rings. The van der Waals surface area contributed by atoms with E-state index in [2.05, 4.69) is 45.9 Å². The summed E-state index contributed by atoms with van der Waals surface area (Å²) in [5.41, 5.74) is 6.22. The minimum Gasteiger partial charge on any atom is -0.361 e. The number of aromatic nitrogens is 2. The molecule has 0 atom stereocenters. The third-order valence-corrected chi connectivity index (χ3v) is 6.40. The fourth-order valence-electron chi connectivity index (χ4n) is 5.04. The van der Waals surface area contributed by atoms with Crippen molar-refractivity contribution in [3.63, 3.8) is 0 Å². The monoisotopic (exact) mass is 395 g/mol. The third kappa shape index (κ3) is 2.39. The van der Waals surface area contributed by atoms with Crippen LogP contribution in [0.5, 0.6) is 0 Å². The largest absolute Gasteiger partial charge is 0.361 e. The Morgan fingerprint density at radius 1 is 0.867 bits per heavy atom. The molecule has 0 saturated heterocycles. The number of likely N-dealkylation sites (N-methyl/N-ethyl adjacent to an activating group) is 1. The first-order valence-corrected chi connectivity index (χ1v) is 10.3. The molecule has 0 amide bonds. The van der Waals surface area contributed by atoms with Crippen molar-refractivity contribution in [2.75, 3.05) is 13.6 Å². The first-order valence-electron chi connectivity index (χ1n) is 10.3. The van der Waals surface area contributed by atoms with E-state index in [0.29, 0.717) is 11.1 Å². The van der Waals surface area contributed by atoms with Crippen LogP contribution in [0.2, 0.25) is 0 Å². The van der Waals surface area contributed by atoms with Gasteiger partial charge < -0.3 is 14.5 Å². The molecule has 1 N–H and O–H groups in total. The highest BCUT2D eigenvalue weighted by Crippen LogP contribution is 2.41. The number of rotatable bonds is 2. The molecule has 2 aromatic carbocycles. The van der Waals surface area contributed by atoms with Gasteiger partial charge in [0.15, 0.2) is 11.6 Å². The number of allylic oxidation sites excluding steroid dienone is 2. The fourth-order valence-corrected chi connectivity index (χ4v) is 5.04. The standard InChI is InChI=1S/C25H21N3O2/c1-27-9-10-28-14-19(17-7-4-5-15(13-27)25(17)28)24-22(30)11-21(29)23(24)18-12-26-20-8-3-2-6-16(18)20/h2-8,12,14,26H,9-11,13H2,1H3. The summed E-state index contributed by atoms with van der Waals surface area (Å²) in [6.07, 6.45) is 3.88. The molecule has 6 rings (SSSR count). The smallest absolute Gasteiger partial charge is 0.172 e. The molecule has 30 heavy (non-hydrogen) atoms. The molecule has 1 aliphatic heterocycles. The van der Waals surface area contributed by atoms with Crippen LogP contribution in [0.25, 0.3) is 33.0 Å². The number of para-hydroxylation sites is 2. The second-order valence-electron chi connectivity index (χ2n) is 8.31. The number of carbonyl (C=O) groups is 2. The molecule has 0 spiro atoms. The Kier molecular flexibility index (Phi) is 3.65.